The van der Waals surface area contributed by atoms with Crippen LogP contribution in [-0.4, -0.2) is 70.2 Å². The number of hydrogen-bond donors (Lipinski definition) is 4. The molecule has 0 aromatic heterocycles. The average molecular weight is 400 g/mol. The SMILES string of the molecule is CNC(C)C[C@@H]1C[C@H](SC2=C(OC(=O)O)N3C(=O)[C@H]([C@@H](C)O)[C@@H]3[C@H]2C)CN1. The summed E-state index contributed by atoms with van der Waals surface area (Å²) in [6, 6.07) is 0.604. The maximum absolute atomic E-state index is 12.4. The zero-order valence-corrected chi connectivity index (χ0v) is 17.0. The number of thioether (sulfide) groups is 1. The smallest absolute Gasteiger partial charge is 0.449 e. The highest BCUT2D eigenvalue weighted by atomic mass is 32.2. The molecule has 0 saturated carbocycles. The van der Waals surface area contributed by atoms with Gasteiger partial charge in [0, 0.05) is 29.8 Å². The third-order valence-corrected chi connectivity index (χ3v) is 7.35. The van der Waals surface area contributed by atoms with E-state index >= 15 is 0 Å². The molecule has 0 aromatic carbocycles. The van der Waals surface area contributed by atoms with Gasteiger partial charge in [-0.2, -0.15) is 0 Å². The lowest BCUT2D eigenvalue weighted by atomic mass is 9.79. The van der Waals surface area contributed by atoms with Crippen LogP contribution in [0.1, 0.15) is 33.6 Å². The monoisotopic (exact) mass is 399 g/mol. The summed E-state index contributed by atoms with van der Waals surface area (Å²) in [6.45, 7) is 6.56. The molecule has 9 heteroatoms. The van der Waals surface area contributed by atoms with Crippen molar-refractivity contribution in [1.82, 2.24) is 15.5 Å². The molecule has 2 fully saturated rings. The van der Waals surface area contributed by atoms with Crippen molar-refractivity contribution in [2.24, 2.45) is 11.8 Å². The minimum atomic E-state index is -1.42. The van der Waals surface area contributed by atoms with Gasteiger partial charge in [0.05, 0.1) is 23.0 Å². The van der Waals surface area contributed by atoms with Crippen LogP contribution in [0, 0.1) is 11.8 Å². The molecule has 7 atom stereocenters. The van der Waals surface area contributed by atoms with Crippen LogP contribution in [-0.2, 0) is 9.53 Å². The molecule has 4 N–H and O–H groups in total. The minimum Gasteiger partial charge on any atom is -0.449 e. The number of aliphatic hydroxyl groups excluding tert-OH is 1. The third-order valence-electron chi connectivity index (χ3n) is 5.85. The van der Waals surface area contributed by atoms with Crippen molar-refractivity contribution in [3.05, 3.63) is 10.8 Å². The zero-order valence-electron chi connectivity index (χ0n) is 16.1. The van der Waals surface area contributed by atoms with E-state index in [0.29, 0.717) is 17.3 Å². The topological polar surface area (TPSA) is 111 Å². The average Bonchev–Trinajstić information content (AvgIpc) is 3.10. The van der Waals surface area contributed by atoms with Gasteiger partial charge < -0.3 is 25.6 Å². The van der Waals surface area contributed by atoms with Gasteiger partial charge in [-0.15, -0.1) is 11.8 Å². The molecule has 0 spiro atoms. The van der Waals surface area contributed by atoms with E-state index in [1.54, 1.807) is 18.7 Å². The number of carbonyl (C=O) groups excluding carboxylic acids is 1. The lowest BCUT2D eigenvalue weighted by Gasteiger charge is -2.45. The molecule has 0 aromatic rings. The molecule has 1 amide bonds. The van der Waals surface area contributed by atoms with Crippen molar-refractivity contribution in [2.75, 3.05) is 13.6 Å². The molecular formula is C18H29N3O5S. The Balaban J connectivity index is 1.74. The molecule has 0 radical (unpaired) electrons. The number of ether oxygens (including phenoxy) is 1. The highest BCUT2D eigenvalue weighted by Gasteiger charge is 2.60. The van der Waals surface area contributed by atoms with Crippen LogP contribution in [0.2, 0.25) is 0 Å². The summed E-state index contributed by atoms with van der Waals surface area (Å²) in [7, 11) is 1.95. The van der Waals surface area contributed by atoms with Gasteiger partial charge in [0.2, 0.25) is 11.8 Å². The maximum atomic E-state index is 12.4. The lowest BCUT2D eigenvalue weighted by molar-refractivity contribution is -0.163. The maximum Gasteiger partial charge on any atom is 0.512 e. The number of fused-ring (bicyclic) bond motifs is 1. The Kier molecular flexibility index (Phi) is 6.05. The second-order valence-corrected chi connectivity index (χ2v) is 9.14. The van der Waals surface area contributed by atoms with Gasteiger partial charge in [-0.05, 0) is 33.7 Å². The van der Waals surface area contributed by atoms with Crippen molar-refractivity contribution >= 4 is 23.8 Å². The molecule has 3 rings (SSSR count). The van der Waals surface area contributed by atoms with Crippen LogP contribution < -0.4 is 10.6 Å². The van der Waals surface area contributed by atoms with Gasteiger partial charge in [0.1, 0.15) is 0 Å². The van der Waals surface area contributed by atoms with Crippen molar-refractivity contribution in [3.8, 4) is 0 Å². The Morgan fingerprint density at radius 3 is 2.78 bits per heavy atom. The second kappa shape index (κ2) is 7.98. The second-order valence-electron chi connectivity index (χ2n) is 7.80. The van der Waals surface area contributed by atoms with Crippen molar-refractivity contribution in [3.63, 3.8) is 0 Å². The summed E-state index contributed by atoms with van der Waals surface area (Å²) in [4.78, 5) is 25.8. The highest BCUT2D eigenvalue weighted by Crippen LogP contribution is 2.52. The zero-order chi connectivity index (χ0) is 19.9. The first-order valence-corrected chi connectivity index (χ1v) is 10.4. The van der Waals surface area contributed by atoms with Crippen LogP contribution in [0.3, 0.4) is 0 Å². The van der Waals surface area contributed by atoms with Crippen molar-refractivity contribution in [2.45, 2.75) is 63.1 Å². The van der Waals surface area contributed by atoms with Gasteiger partial charge in [-0.25, -0.2) is 4.79 Å². The van der Waals surface area contributed by atoms with Crippen molar-refractivity contribution in [1.29, 1.82) is 0 Å². The van der Waals surface area contributed by atoms with E-state index in [1.165, 1.54) is 4.90 Å². The quantitative estimate of drug-likeness (QED) is 0.373. The molecule has 0 aliphatic carbocycles. The van der Waals surface area contributed by atoms with E-state index in [9.17, 15) is 14.7 Å². The van der Waals surface area contributed by atoms with E-state index < -0.39 is 18.2 Å². The van der Waals surface area contributed by atoms with E-state index in [4.69, 9.17) is 9.84 Å². The molecular weight excluding hydrogens is 370 g/mol. The third kappa shape index (κ3) is 3.83. The summed E-state index contributed by atoms with van der Waals surface area (Å²) in [5, 5.41) is 26.1. The summed E-state index contributed by atoms with van der Waals surface area (Å²) in [6.07, 6.45) is -0.185. The van der Waals surface area contributed by atoms with Gasteiger partial charge in [-0.3, -0.25) is 9.69 Å². The molecule has 0 bridgehead atoms. The molecule has 8 nitrogen and oxygen atoms in total. The van der Waals surface area contributed by atoms with Gasteiger partial charge in [-0.1, -0.05) is 6.92 Å². The fourth-order valence-electron chi connectivity index (χ4n) is 4.38. The van der Waals surface area contributed by atoms with E-state index in [0.717, 1.165) is 24.3 Å². The predicted octanol–water partition coefficient (Wildman–Crippen LogP) is 1.17. The Morgan fingerprint density at radius 1 is 1.48 bits per heavy atom. The number of carbonyl (C=O) groups is 2. The van der Waals surface area contributed by atoms with E-state index in [2.05, 4.69) is 17.6 Å². The first kappa shape index (κ1) is 20.4. The Hall–Kier alpha value is -1.29. The van der Waals surface area contributed by atoms with Gasteiger partial charge in [0.25, 0.3) is 0 Å². The van der Waals surface area contributed by atoms with Crippen LogP contribution in [0.25, 0.3) is 0 Å². The number of rotatable bonds is 7. The number of amides is 1. The number of β-lactam (4-membered cyclic amide) rings is 1. The summed E-state index contributed by atoms with van der Waals surface area (Å²) in [5.74, 6) is -0.689. The molecule has 3 aliphatic rings. The first-order chi connectivity index (χ1) is 12.7. The van der Waals surface area contributed by atoms with Crippen LogP contribution in [0.4, 0.5) is 4.79 Å². The largest absolute Gasteiger partial charge is 0.512 e. The molecule has 3 aliphatic heterocycles. The Labute approximate surface area is 163 Å². The highest BCUT2D eigenvalue weighted by molar-refractivity contribution is 8.03. The summed E-state index contributed by atoms with van der Waals surface area (Å²) >= 11 is 1.61. The van der Waals surface area contributed by atoms with E-state index in [1.807, 2.05) is 14.0 Å². The predicted molar refractivity (Wildman–Crippen MR) is 102 cm³/mol. The molecule has 3 heterocycles. The first-order valence-electron chi connectivity index (χ1n) is 9.48. The molecule has 1 unspecified atom stereocenters. The van der Waals surface area contributed by atoms with Crippen LogP contribution in [0.5, 0.6) is 0 Å². The number of nitrogens with one attached hydrogen (secondary N) is 2. The minimum absolute atomic E-state index is 0.0584. The summed E-state index contributed by atoms with van der Waals surface area (Å²) in [5.41, 5.74) is 0. The normalized spacial score (nSPS) is 35.1. The lowest BCUT2D eigenvalue weighted by Crippen LogP contribution is -2.63. The fraction of sp³-hybridized carbons (Fsp3) is 0.778. The van der Waals surface area contributed by atoms with Gasteiger partial charge in [0.15, 0.2) is 0 Å². The number of hydrogen-bond acceptors (Lipinski definition) is 7. The van der Waals surface area contributed by atoms with Crippen LogP contribution >= 0.6 is 11.8 Å². The Morgan fingerprint density at radius 2 is 2.19 bits per heavy atom. The number of aliphatic hydroxyl groups is 1. The molecule has 27 heavy (non-hydrogen) atoms. The fourth-order valence-corrected chi connectivity index (χ4v) is 5.84. The van der Waals surface area contributed by atoms with E-state index in [-0.39, 0.29) is 23.8 Å². The molecule has 2 saturated heterocycles. The molecule has 152 valence electrons. The summed E-state index contributed by atoms with van der Waals surface area (Å²) < 4.78 is 5.01. The number of carboxylic acid groups (broad SMARTS) is 1. The standard InChI is InChI=1S/C18H29N3O5S/c1-8(19-4)5-11-6-12(7-20-11)27-15-9(2)14-13(10(3)22)16(23)21(14)17(15)26-18(24)25/h8-14,19-20,22H,5-7H2,1-4H3,(H,24,25)/t8?,9-,10-,11-,12+,13-,14+/m1/s1. The number of nitrogens with zero attached hydrogens (tertiary/aromatic N) is 1. The van der Waals surface area contributed by atoms with Gasteiger partial charge >= 0.3 is 6.16 Å². The van der Waals surface area contributed by atoms with Crippen molar-refractivity contribution < 1.29 is 24.5 Å². The Bertz CT molecular complexity index is 640. The van der Waals surface area contributed by atoms with Crippen LogP contribution in [0.15, 0.2) is 10.8 Å².